The number of carbonyl (C=O) groups is 2. The van der Waals surface area contributed by atoms with Crippen LogP contribution in [0.5, 0.6) is 34.5 Å². The molecular weight excluding hydrogens is 993 g/mol. The van der Waals surface area contributed by atoms with Gasteiger partial charge in [-0.3, -0.25) is 14.4 Å². The molecule has 0 bridgehead atoms. The van der Waals surface area contributed by atoms with E-state index in [1.165, 1.54) is 23.5 Å². The van der Waals surface area contributed by atoms with Gasteiger partial charge in [-0.1, -0.05) is 24.3 Å². The number of nitrogens with one attached hydrogen (secondary N) is 1. The third-order valence-corrected chi connectivity index (χ3v) is 14.5. The maximum absolute atomic E-state index is 13.4. The average Bonchev–Trinajstić information content (AvgIpc) is 3.81. The zero-order chi connectivity index (χ0) is 54.7. The van der Waals surface area contributed by atoms with Crippen molar-refractivity contribution in [3.8, 4) is 56.8 Å². The Kier molecular flexibility index (Phi) is 19.4. The summed E-state index contributed by atoms with van der Waals surface area (Å²) in [6.07, 6.45) is 6.49. The largest absolute Gasteiger partial charge is 0.493 e. The molecule has 17 heteroatoms. The Balaban J connectivity index is 0.000000207. The first-order valence-electron chi connectivity index (χ1n) is 23.8. The molecule has 394 valence electrons. The highest BCUT2D eigenvalue weighted by molar-refractivity contribution is 7.98. The second-order valence-corrected chi connectivity index (χ2v) is 19.3. The summed E-state index contributed by atoms with van der Waals surface area (Å²) in [5, 5.41) is 11.9. The predicted octanol–water partition coefficient (Wildman–Crippen LogP) is 9.71. The van der Waals surface area contributed by atoms with Crippen LogP contribution in [-0.2, 0) is 12.8 Å². The molecule has 0 heterocycles. The van der Waals surface area contributed by atoms with Crippen LogP contribution in [0.2, 0.25) is 0 Å². The number of carboxylic acid groups (broad SMARTS) is 1. The first-order valence-corrected chi connectivity index (χ1v) is 26.2. The first-order chi connectivity index (χ1) is 36.0. The summed E-state index contributed by atoms with van der Waals surface area (Å²) in [5.41, 5.74) is 16.0. The number of anilines is 1. The Morgan fingerprint density at radius 2 is 1.15 bits per heavy atom. The Labute approximate surface area is 446 Å². The fourth-order valence-corrected chi connectivity index (χ4v) is 10.1. The van der Waals surface area contributed by atoms with Gasteiger partial charge in [-0.15, -0.1) is 23.5 Å². The van der Waals surface area contributed by atoms with E-state index in [0.29, 0.717) is 62.7 Å². The molecule has 0 fully saturated rings. The third-order valence-electron chi connectivity index (χ3n) is 13.0. The molecule has 4 N–H and O–H groups in total. The molecule has 0 unspecified atom stereocenters. The number of fused-ring (bicyclic) bond motifs is 6. The molecule has 2 aliphatic rings. The summed E-state index contributed by atoms with van der Waals surface area (Å²) in [4.78, 5) is 52.9. The first kappa shape index (κ1) is 56.8. The number of amides is 1. The summed E-state index contributed by atoms with van der Waals surface area (Å²) >= 11 is 2.82. The fourth-order valence-electron chi connectivity index (χ4n) is 9.16. The van der Waals surface area contributed by atoms with Crippen molar-refractivity contribution in [3.05, 3.63) is 151 Å². The monoisotopic (exact) mass is 1060 g/mol. The number of thioether (sulfide) groups is 2. The molecule has 0 radical (unpaired) electrons. The van der Waals surface area contributed by atoms with Gasteiger partial charge in [0, 0.05) is 54.6 Å². The second kappa shape index (κ2) is 25.7. The lowest BCUT2D eigenvalue weighted by Gasteiger charge is -2.20. The van der Waals surface area contributed by atoms with Crippen molar-refractivity contribution in [1.29, 1.82) is 0 Å². The maximum Gasteiger partial charge on any atom is 0.335 e. The van der Waals surface area contributed by atoms with Gasteiger partial charge in [0.25, 0.3) is 5.91 Å². The van der Waals surface area contributed by atoms with E-state index in [-0.39, 0.29) is 28.4 Å². The van der Waals surface area contributed by atoms with Crippen molar-refractivity contribution in [1.82, 2.24) is 5.32 Å². The number of hydrogen-bond donors (Lipinski definition) is 3. The molecule has 2 atom stereocenters. The van der Waals surface area contributed by atoms with Crippen molar-refractivity contribution in [2.45, 2.75) is 47.6 Å². The van der Waals surface area contributed by atoms with Crippen LogP contribution in [0.3, 0.4) is 0 Å². The lowest BCUT2D eigenvalue weighted by Crippen LogP contribution is -2.29. The molecule has 15 nitrogen and oxygen atoms in total. The molecule has 0 saturated heterocycles. The van der Waals surface area contributed by atoms with Gasteiger partial charge >= 0.3 is 5.97 Å². The SMILES string of the molecule is C=[N+](C)c1cccc(C(=O)O)c1.COc1cc2c(c(OC)c1OC)-c1ccc(SC)c(=O)cc1[C@@H](N)CC2.COc1cc2c(c(OC)c1OC)-c1ccc(SC)c(=O)cc1[C@@H](NC(=O)c1cccc(N(C)C)c1)CC2. The minimum Gasteiger partial charge on any atom is -0.493 e. The van der Waals surface area contributed by atoms with Gasteiger partial charge in [0.2, 0.25) is 17.2 Å². The van der Waals surface area contributed by atoms with Gasteiger partial charge in [-0.2, -0.15) is 0 Å². The van der Waals surface area contributed by atoms with Crippen molar-refractivity contribution in [2.24, 2.45) is 5.73 Å². The standard InChI is InChI=1S/C29H32N2O5S.C20H23NO4S.C9H9NO2/c1-31(2)19-9-7-8-18(14-19)29(33)30-22-12-10-17-15-24(34-3)27(35-4)28(36-5)26(17)20-11-13-25(37-6)23(32)16-21(20)22;1-23-16-9-11-5-7-14(21)13-10-15(22)17(26-4)8-6-12(13)18(11)20(25-3)19(16)24-2;1-10(2)8-5-3-4-7(6-8)9(11)12/h7-9,11,13-16,22H,10,12H2,1-6H3,(H,30,33);6,8-10,14H,5,7,21H2,1-4H3;3-6H,1H2,2H3/p+1/t22-;14-;/m00./s1. The summed E-state index contributed by atoms with van der Waals surface area (Å²) in [6, 6.07) is 28.3. The van der Waals surface area contributed by atoms with E-state index in [0.717, 1.165) is 68.7 Å². The number of aryl methyl sites for hydroxylation is 2. The van der Waals surface area contributed by atoms with Gasteiger partial charge in [0.15, 0.2) is 33.9 Å². The molecule has 6 aromatic rings. The van der Waals surface area contributed by atoms with E-state index >= 15 is 0 Å². The normalized spacial score (nSPS) is 13.8. The molecule has 6 aromatic carbocycles. The van der Waals surface area contributed by atoms with Gasteiger partial charge < -0.3 is 49.5 Å². The van der Waals surface area contributed by atoms with Crippen LogP contribution in [0.25, 0.3) is 22.3 Å². The Bertz CT molecular complexity index is 3210. The van der Waals surface area contributed by atoms with Crippen LogP contribution >= 0.6 is 23.5 Å². The van der Waals surface area contributed by atoms with E-state index in [9.17, 15) is 19.2 Å². The number of methoxy groups -OCH3 is 6. The van der Waals surface area contributed by atoms with Crippen molar-refractivity contribution >= 4 is 53.5 Å². The van der Waals surface area contributed by atoms with Crippen LogP contribution in [-0.4, -0.2) is 105 Å². The van der Waals surface area contributed by atoms with Crippen molar-refractivity contribution in [3.63, 3.8) is 0 Å². The quantitative estimate of drug-likeness (QED) is 0.0563. The maximum atomic E-state index is 13.4. The molecule has 2 aliphatic carbocycles. The Hall–Kier alpha value is -7.47. The minimum atomic E-state index is -0.918. The summed E-state index contributed by atoms with van der Waals surface area (Å²) in [5.74, 6) is 2.22. The number of aromatic carboxylic acids is 1. The molecule has 0 saturated carbocycles. The number of hydrogen-bond acceptors (Lipinski definition) is 14. The Morgan fingerprint density at radius 1 is 0.653 bits per heavy atom. The fraction of sp³-hybridized carbons (Fsp3) is 0.293. The van der Waals surface area contributed by atoms with Crippen LogP contribution in [0.15, 0.2) is 116 Å². The highest BCUT2D eigenvalue weighted by Crippen LogP contribution is 2.51. The molecule has 0 spiro atoms. The van der Waals surface area contributed by atoms with E-state index in [1.807, 2.05) is 86.1 Å². The summed E-state index contributed by atoms with van der Waals surface area (Å²) in [6.45, 7) is 3.65. The highest BCUT2D eigenvalue weighted by Gasteiger charge is 2.31. The van der Waals surface area contributed by atoms with Crippen LogP contribution in [0.1, 0.15) is 67.9 Å². The molecule has 75 heavy (non-hydrogen) atoms. The lowest BCUT2D eigenvalue weighted by molar-refractivity contribution is -0.394. The highest BCUT2D eigenvalue weighted by atomic mass is 32.2. The third kappa shape index (κ3) is 12.6. The lowest BCUT2D eigenvalue weighted by atomic mass is 9.95. The van der Waals surface area contributed by atoms with E-state index in [2.05, 4.69) is 12.0 Å². The number of nitrogens with two attached hydrogens (primary N) is 1. The second-order valence-electron chi connectivity index (χ2n) is 17.6. The Morgan fingerprint density at radius 3 is 1.63 bits per heavy atom. The van der Waals surface area contributed by atoms with Gasteiger partial charge in [-0.25, -0.2) is 9.37 Å². The smallest absolute Gasteiger partial charge is 0.335 e. The number of carboxylic acids is 1. The predicted molar refractivity (Wildman–Crippen MR) is 300 cm³/mol. The number of rotatable bonds is 13. The molecular formula is C58H65N4O11S2+. The van der Waals surface area contributed by atoms with Gasteiger partial charge in [0.1, 0.15) is 13.8 Å². The number of benzene rings is 4. The molecule has 0 aromatic heterocycles. The zero-order valence-corrected chi connectivity index (χ0v) is 45.9. The number of ether oxygens (including phenoxy) is 6. The van der Waals surface area contributed by atoms with Crippen LogP contribution < -0.4 is 55.2 Å². The summed E-state index contributed by atoms with van der Waals surface area (Å²) < 4.78 is 35.5. The van der Waals surface area contributed by atoms with Gasteiger partial charge in [0.05, 0.1) is 64.1 Å². The van der Waals surface area contributed by atoms with E-state index in [1.54, 1.807) is 96.7 Å². The molecule has 0 aliphatic heterocycles. The molecule has 1 amide bonds. The number of nitrogens with zero attached hydrogens (tertiary/aromatic N) is 2. The van der Waals surface area contributed by atoms with Crippen LogP contribution in [0, 0.1) is 0 Å². The zero-order valence-electron chi connectivity index (χ0n) is 44.2. The summed E-state index contributed by atoms with van der Waals surface area (Å²) in [7, 11) is 15.2. The van der Waals surface area contributed by atoms with Crippen molar-refractivity contribution in [2.75, 3.05) is 81.2 Å². The van der Waals surface area contributed by atoms with Crippen LogP contribution in [0.4, 0.5) is 11.4 Å². The average molecular weight is 1060 g/mol. The van der Waals surface area contributed by atoms with Crippen molar-refractivity contribution < 1.29 is 47.7 Å². The van der Waals surface area contributed by atoms with E-state index in [4.69, 9.17) is 39.3 Å². The number of carbonyl (C=O) groups excluding carboxylic acids is 1. The minimum absolute atomic E-state index is 0.0166. The van der Waals surface area contributed by atoms with E-state index < -0.39 is 12.0 Å². The molecule has 8 rings (SSSR count). The van der Waals surface area contributed by atoms with Gasteiger partial charge in [-0.05, 0) is 132 Å². The topological polar surface area (TPSA) is 188 Å².